The molecule has 1 heterocycles. The van der Waals surface area contributed by atoms with Gasteiger partial charge in [-0.2, -0.15) is 0 Å². The van der Waals surface area contributed by atoms with Crippen LogP contribution < -0.4 is 4.72 Å². The van der Waals surface area contributed by atoms with Crippen LogP contribution >= 0.6 is 0 Å². The molecular weight excluding hydrogens is 366 g/mol. The predicted molar refractivity (Wildman–Crippen MR) is 97.3 cm³/mol. The number of nitrogens with one attached hydrogen (secondary N) is 1. The maximum atomic E-state index is 12.1. The van der Waals surface area contributed by atoms with Crippen molar-refractivity contribution in [2.75, 3.05) is 37.4 Å². The zero-order chi connectivity index (χ0) is 18.7. The Bertz CT molecular complexity index is 834. The molecule has 0 aliphatic carbocycles. The number of anilines is 1. The van der Waals surface area contributed by atoms with E-state index in [1.165, 1.54) is 34.8 Å². The molecule has 140 valence electrons. The van der Waals surface area contributed by atoms with E-state index in [1.807, 2.05) is 0 Å². The summed E-state index contributed by atoms with van der Waals surface area (Å²) in [6.07, 6.45) is 2.70. The van der Waals surface area contributed by atoms with Crippen molar-refractivity contribution < 1.29 is 22.2 Å². The van der Waals surface area contributed by atoms with Crippen molar-refractivity contribution in [3.63, 3.8) is 0 Å². The van der Waals surface area contributed by atoms with Crippen molar-refractivity contribution in [1.82, 2.24) is 4.31 Å². The van der Waals surface area contributed by atoms with Gasteiger partial charge in [0.1, 0.15) is 9.92 Å². The van der Waals surface area contributed by atoms with E-state index in [0.29, 0.717) is 12.3 Å². The van der Waals surface area contributed by atoms with Gasteiger partial charge < -0.3 is 4.74 Å². The Hall–Kier alpha value is -1.49. The molecule has 0 spiro atoms. The Balaban J connectivity index is 2.07. The molecule has 2 unspecified atom stereocenters. The first kappa shape index (κ1) is 19.8. The third-order valence-electron chi connectivity index (χ3n) is 3.76. The maximum absolute atomic E-state index is 12.1. The van der Waals surface area contributed by atoms with Crippen LogP contribution in [0.5, 0.6) is 0 Å². The number of hydrogen-bond donors (Lipinski definition) is 1. The Morgan fingerprint density at radius 1 is 1.28 bits per heavy atom. The molecule has 0 bridgehead atoms. The zero-order valence-corrected chi connectivity index (χ0v) is 16.1. The van der Waals surface area contributed by atoms with Crippen molar-refractivity contribution in [3.05, 3.63) is 29.8 Å². The van der Waals surface area contributed by atoms with E-state index in [-0.39, 0.29) is 17.4 Å². The third kappa shape index (κ3) is 5.77. The number of nitrogens with zero attached hydrogens (tertiary/aromatic N) is 2. The van der Waals surface area contributed by atoms with Crippen LogP contribution in [0.2, 0.25) is 0 Å². The van der Waals surface area contributed by atoms with Gasteiger partial charge in [0.25, 0.3) is 5.91 Å². The molecule has 1 fully saturated rings. The van der Waals surface area contributed by atoms with Crippen LogP contribution in [0.3, 0.4) is 0 Å². The molecule has 0 radical (unpaired) electrons. The number of hydrogen-bond acceptors (Lipinski definition) is 5. The van der Waals surface area contributed by atoms with Crippen LogP contribution in [0, 0.1) is 0 Å². The fraction of sp³-hybridized carbons (Fsp3) is 0.533. The van der Waals surface area contributed by atoms with E-state index in [9.17, 15) is 17.4 Å². The number of ether oxygens (including phenoxy) is 1. The molecular formula is C15H23N3O5S2. The molecule has 1 aliphatic rings. The summed E-state index contributed by atoms with van der Waals surface area (Å²) in [4.78, 5) is 12.1. The molecule has 1 aromatic carbocycles. The van der Waals surface area contributed by atoms with Gasteiger partial charge in [-0.25, -0.2) is 16.9 Å². The molecule has 2 atom stereocenters. The van der Waals surface area contributed by atoms with E-state index in [1.54, 1.807) is 14.1 Å². The molecule has 1 saturated heterocycles. The maximum Gasteiger partial charge on any atom is 0.286 e. The number of rotatable bonds is 6. The molecule has 1 aromatic rings. The summed E-state index contributed by atoms with van der Waals surface area (Å²) in [6.45, 7) is 0.591. The molecule has 2 rings (SSSR count). The average Bonchev–Trinajstić information content (AvgIpc) is 2.98. The van der Waals surface area contributed by atoms with Crippen LogP contribution in [0.25, 0.3) is 0 Å². The highest BCUT2D eigenvalue weighted by atomic mass is 32.2. The normalized spacial score (nSPS) is 20.2. The molecule has 0 saturated carbocycles. The quantitative estimate of drug-likeness (QED) is 0.790. The Kier molecular flexibility index (Phi) is 6.20. The molecule has 8 nitrogen and oxygen atoms in total. The number of carbonyl (C=O) groups is 1. The van der Waals surface area contributed by atoms with Crippen molar-refractivity contribution in [2.45, 2.75) is 18.9 Å². The fourth-order valence-corrected chi connectivity index (χ4v) is 4.12. The van der Waals surface area contributed by atoms with Crippen molar-refractivity contribution >= 4 is 31.5 Å². The minimum atomic E-state index is -3.53. The molecule has 10 heteroatoms. The topological polar surface area (TPSA) is 105 Å². The van der Waals surface area contributed by atoms with Crippen molar-refractivity contribution in [1.29, 1.82) is 0 Å². The largest absolute Gasteiger partial charge is 0.377 e. The number of amides is 1. The lowest BCUT2D eigenvalue weighted by molar-refractivity contribution is 0.100. The number of sulfonamides is 1. The lowest BCUT2D eigenvalue weighted by Crippen LogP contribution is -2.25. The van der Waals surface area contributed by atoms with Gasteiger partial charge in [-0.15, -0.1) is 4.36 Å². The average molecular weight is 389 g/mol. The van der Waals surface area contributed by atoms with E-state index >= 15 is 0 Å². The van der Waals surface area contributed by atoms with Gasteiger partial charge in [0.05, 0.1) is 11.9 Å². The van der Waals surface area contributed by atoms with Crippen LogP contribution in [0.1, 0.15) is 23.2 Å². The summed E-state index contributed by atoms with van der Waals surface area (Å²) in [5.41, 5.74) is 0.581. The summed E-state index contributed by atoms with van der Waals surface area (Å²) in [6, 6.07) is 5.84. The highest BCUT2D eigenvalue weighted by molar-refractivity contribution is 7.92. The third-order valence-corrected chi connectivity index (χ3v) is 6.98. The SMILES string of the molecule is CN(C)S(C)(=O)=NC(=O)c1ccc(NS(=O)(=O)CC2CCCO2)cc1. The zero-order valence-electron chi connectivity index (χ0n) is 14.5. The van der Waals surface area contributed by atoms with Gasteiger partial charge in [-0.1, -0.05) is 0 Å². The summed E-state index contributed by atoms with van der Waals surface area (Å²) in [5, 5.41) is 0. The highest BCUT2D eigenvalue weighted by Crippen LogP contribution is 2.17. The number of carbonyl (C=O) groups excluding carboxylic acids is 1. The molecule has 1 amide bonds. The Morgan fingerprint density at radius 2 is 1.92 bits per heavy atom. The lowest BCUT2D eigenvalue weighted by Gasteiger charge is -2.12. The summed E-state index contributed by atoms with van der Waals surface area (Å²) < 4.78 is 49.2. The van der Waals surface area contributed by atoms with Crippen LogP contribution in [0.15, 0.2) is 28.6 Å². The predicted octanol–water partition coefficient (Wildman–Crippen LogP) is 1.32. The molecule has 0 aromatic heterocycles. The first-order chi connectivity index (χ1) is 11.6. The Morgan fingerprint density at radius 3 is 2.44 bits per heavy atom. The minimum absolute atomic E-state index is 0.0935. The van der Waals surface area contributed by atoms with Gasteiger partial charge in [0, 0.05) is 38.2 Å². The Labute approximate surface area is 148 Å². The highest BCUT2D eigenvalue weighted by Gasteiger charge is 2.23. The standard InChI is InChI=1S/C15H23N3O5S2/c1-18(2)24(3,20)17-15(19)12-6-8-13(9-7-12)16-25(21,22)11-14-5-4-10-23-14/h6-9,14,16H,4-5,10-11H2,1-3H3. The van der Waals surface area contributed by atoms with Crippen LogP contribution in [-0.2, 0) is 24.7 Å². The molecule has 1 aliphatic heterocycles. The summed E-state index contributed by atoms with van der Waals surface area (Å²) >= 11 is 0. The van der Waals surface area contributed by atoms with Gasteiger partial charge in [0.2, 0.25) is 10.0 Å². The first-order valence-corrected chi connectivity index (χ1v) is 11.3. The molecule has 25 heavy (non-hydrogen) atoms. The summed E-state index contributed by atoms with van der Waals surface area (Å²) in [5.74, 6) is -0.709. The second-order valence-electron chi connectivity index (χ2n) is 6.07. The number of benzene rings is 1. The van der Waals surface area contributed by atoms with Gasteiger partial charge in [0.15, 0.2) is 0 Å². The van der Waals surface area contributed by atoms with E-state index in [0.717, 1.165) is 12.8 Å². The van der Waals surface area contributed by atoms with E-state index in [4.69, 9.17) is 4.74 Å². The van der Waals surface area contributed by atoms with Gasteiger partial charge in [-0.05, 0) is 37.1 Å². The smallest absolute Gasteiger partial charge is 0.286 e. The fourth-order valence-electron chi connectivity index (χ4n) is 2.21. The monoisotopic (exact) mass is 389 g/mol. The van der Waals surface area contributed by atoms with E-state index in [2.05, 4.69) is 9.08 Å². The second kappa shape index (κ2) is 7.81. The molecule has 1 N–H and O–H groups in total. The second-order valence-corrected chi connectivity index (χ2v) is 10.3. The minimum Gasteiger partial charge on any atom is -0.377 e. The summed E-state index contributed by atoms with van der Waals surface area (Å²) in [7, 11) is -3.14. The van der Waals surface area contributed by atoms with Crippen LogP contribution in [0.4, 0.5) is 5.69 Å². The lowest BCUT2D eigenvalue weighted by atomic mass is 10.2. The van der Waals surface area contributed by atoms with Crippen molar-refractivity contribution in [2.24, 2.45) is 4.36 Å². The van der Waals surface area contributed by atoms with Crippen LogP contribution in [-0.4, -0.2) is 61.7 Å². The first-order valence-electron chi connectivity index (χ1n) is 7.75. The van der Waals surface area contributed by atoms with Gasteiger partial charge >= 0.3 is 0 Å². The van der Waals surface area contributed by atoms with E-state index < -0.39 is 25.8 Å². The van der Waals surface area contributed by atoms with Gasteiger partial charge in [-0.3, -0.25) is 9.52 Å². The van der Waals surface area contributed by atoms with Crippen molar-refractivity contribution in [3.8, 4) is 0 Å².